The molecule has 0 N–H and O–H groups in total. The van der Waals surface area contributed by atoms with Crippen molar-refractivity contribution < 1.29 is 4.39 Å². The molecular weight excluding hydrogens is 131 g/mol. The molecule has 0 aliphatic carbocycles. The molecule has 1 fully saturated rings. The summed E-state index contributed by atoms with van der Waals surface area (Å²) in [6, 6.07) is 0.102. The Kier molecular flexibility index (Phi) is 2.26. The zero-order valence-corrected chi connectivity index (χ0v) is 6.84. The molecular formula is C7H15FN2. The summed E-state index contributed by atoms with van der Waals surface area (Å²) >= 11 is 0. The molecule has 60 valence electrons. The van der Waals surface area contributed by atoms with Gasteiger partial charge < -0.3 is 9.80 Å². The Bertz CT molecular complexity index is 116. The molecule has 1 aliphatic heterocycles. The largest absolute Gasteiger partial charge is 0.302 e. The van der Waals surface area contributed by atoms with E-state index in [1.165, 1.54) is 0 Å². The monoisotopic (exact) mass is 146 g/mol. The molecule has 0 aromatic heterocycles. The van der Waals surface area contributed by atoms with Crippen LogP contribution in [0, 0.1) is 0 Å². The standard InChI is InChI=1S/C7H15FN2/c1-9(2)7-5-10(3)4-6(7)8/h6-7H,4-5H2,1-3H3/t6-,7-/m1/s1. The van der Waals surface area contributed by atoms with Crippen molar-refractivity contribution in [1.82, 2.24) is 9.80 Å². The van der Waals surface area contributed by atoms with Gasteiger partial charge in [-0.2, -0.15) is 0 Å². The second-order valence-corrected chi connectivity index (χ2v) is 3.27. The molecule has 3 heteroatoms. The third-order valence-corrected chi connectivity index (χ3v) is 2.07. The van der Waals surface area contributed by atoms with E-state index in [1.807, 2.05) is 30.9 Å². The van der Waals surface area contributed by atoms with Gasteiger partial charge in [0.15, 0.2) is 0 Å². The molecule has 1 heterocycles. The summed E-state index contributed by atoms with van der Waals surface area (Å²) in [5.74, 6) is 0. The van der Waals surface area contributed by atoms with Gasteiger partial charge in [-0.05, 0) is 21.1 Å². The smallest absolute Gasteiger partial charge is 0.129 e. The Balaban J connectivity index is 2.46. The minimum atomic E-state index is -0.667. The first kappa shape index (κ1) is 7.95. The van der Waals surface area contributed by atoms with Crippen molar-refractivity contribution in [1.29, 1.82) is 0 Å². The van der Waals surface area contributed by atoms with Gasteiger partial charge in [0, 0.05) is 13.1 Å². The highest BCUT2D eigenvalue weighted by Gasteiger charge is 2.31. The molecule has 0 unspecified atom stereocenters. The van der Waals surface area contributed by atoms with Crippen molar-refractivity contribution >= 4 is 0 Å². The third-order valence-electron chi connectivity index (χ3n) is 2.07. The van der Waals surface area contributed by atoms with Crippen molar-refractivity contribution in [2.75, 3.05) is 34.2 Å². The van der Waals surface area contributed by atoms with Crippen LogP contribution in [0.2, 0.25) is 0 Å². The molecule has 0 aromatic rings. The minimum Gasteiger partial charge on any atom is -0.302 e. The zero-order chi connectivity index (χ0) is 7.72. The summed E-state index contributed by atoms with van der Waals surface area (Å²) in [5, 5.41) is 0. The summed E-state index contributed by atoms with van der Waals surface area (Å²) in [7, 11) is 5.81. The SMILES string of the molecule is CN1C[C@@H](F)[C@H](N(C)C)C1. The molecule has 1 saturated heterocycles. The summed E-state index contributed by atoms with van der Waals surface area (Å²) in [6.07, 6.45) is -0.667. The van der Waals surface area contributed by atoms with Crippen molar-refractivity contribution in [2.45, 2.75) is 12.2 Å². The fourth-order valence-corrected chi connectivity index (χ4v) is 1.41. The maximum absolute atomic E-state index is 13.0. The van der Waals surface area contributed by atoms with Gasteiger partial charge in [0.05, 0.1) is 6.04 Å². The quantitative estimate of drug-likeness (QED) is 0.521. The predicted octanol–water partition coefficient (Wildman–Crippen LogP) is 0.200. The number of nitrogens with zero attached hydrogens (tertiary/aromatic N) is 2. The average Bonchev–Trinajstić information content (AvgIpc) is 2.10. The lowest BCUT2D eigenvalue weighted by Crippen LogP contribution is -2.35. The molecule has 10 heavy (non-hydrogen) atoms. The van der Waals surface area contributed by atoms with E-state index in [-0.39, 0.29) is 6.04 Å². The van der Waals surface area contributed by atoms with E-state index >= 15 is 0 Å². The van der Waals surface area contributed by atoms with Gasteiger partial charge >= 0.3 is 0 Å². The number of rotatable bonds is 1. The Morgan fingerprint density at radius 1 is 1.40 bits per heavy atom. The van der Waals surface area contributed by atoms with Crippen LogP contribution in [0.25, 0.3) is 0 Å². The summed E-state index contributed by atoms with van der Waals surface area (Å²) in [4.78, 5) is 3.98. The number of halogens is 1. The Morgan fingerprint density at radius 3 is 2.20 bits per heavy atom. The van der Waals surface area contributed by atoms with Gasteiger partial charge in [0.25, 0.3) is 0 Å². The first-order valence-corrected chi connectivity index (χ1v) is 3.60. The van der Waals surface area contributed by atoms with Crippen molar-refractivity contribution in [3.05, 3.63) is 0 Å². The number of hydrogen-bond acceptors (Lipinski definition) is 2. The molecule has 0 amide bonds. The van der Waals surface area contributed by atoms with Gasteiger partial charge in [0.1, 0.15) is 6.17 Å². The van der Waals surface area contributed by atoms with Crippen LogP contribution in [0.5, 0.6) is 0 Å². The number of likely N-dealkylation sites (N-methyl/N-ethyl adjacent to an activating group) is 2. The minimum absolute atomic E-state index is 0.102. The maximum Gasteiger partial charge on any atom is 0.129 e. The summed E-state index contributed by atoms with van der Waals surface area (Å²) in [5.41, 5.74) is 0. The number of alkyl halides is 1. The lowest BCUT2D eigenvalue weighted by atomic mass is 10.2. The molecule has 1 rings (SSSR count). The lowest BCUT2D eigenvalue weighted by Gasteiger charge is -2.19. The van der Waals surface area contributed by atoms with Crippen LogP contribution < -0.4 is 0 Å². The molecule has 2 atom stereocenters. The summed E-state index contributed by atoms with van der Waals surface area (Å²) < 4.78 is 13.0. The fraction of sp³-hybridized carbons (Fsp3) is 1.00. The van der Waals surface area contributed by atoms with Crippen LogP contribution in [-0.4, -0.2) is 56.2 Å². The first-order valence-electron chi connectivity index (χ1n) is 3.60. The second-order valence-electron chi connectivity index (χ2n) is 3.27. The van der Waals surface area contributed by atoms with Gasteiger partial charge in [0.2, 0.25) is 0 Å². The molecule has 1 aliphatic rings. The zero-order valence-electron chi connectivity index (χ0n) is 6.84. The van der Waals surface area contributed by atoms with Gasteiger partial charge in [-0.15, -0.1) is 0 Å². The maximum atomic E-state index is 13.0. The Morgan fingerprint density at radius 2 is 2.00 bits per heavy atom. The van der Waals surface area contributed by atoms with E-state index in [2.05, 4.69) is 0 Å². The first-order chi connectivity index (χ1) is 4.61. The van der Waals surface area contributed by atoms with Crippen LogP contribution >= 0.6 is 0 Å². The topological polar surface area (TPSA) is 6.48 Å². The van der Waals surface area contributed by atoms with E-state index in [1.54, 1.807) is 0 Å². The summed E-state index contributed by atoms with van der Waals surface area (Å²) in [6.45, 7) is 1.44. The lowest BCUT2D eigenvalue weighted by molar-refractivity contribution is 0.202. The van der Waals surface area contributed by atoms with Crippen LogP contribution in [0.3, 0.4) is 0 Å². The highest BCUT2D eigenvalue weighted by Crippen LogP contribution is 2.14. The highest BCUT2D eigenvalue weighted by atomic mass is 19.1. The average molecular weight is 146 g/mol. The van der Waals surface area contributed by atoms with E-state index in [0.29, 0.717) is 6.54 Å². The van der Waals surface area contributed by atoms with Gasteiger partial charge in [-0.1, -0.05) is 0 Å². The Hall–Kier alpha value is -0.150. The van der Waals surface area contributed by atoms with Crippen LogP contribution in [0.15, 0.2) is 0 Å². The van der Waals surface area contributed by atoms with E-state index in [4.69, 9.17) is 0 Å². The third kappa shape index (κ3) is 1.47. The van der Waals surface area contributed by atoms with Crippen molar-refractivity contribution in [3.8, 4) is 0 Å². The fourth-order valence-electron chi connectivity index (χ4n) is 1.41. The van der Waals surface area contributed by atoms with Gasteiger partial charge in [-0.25, -0.2) is 4.39 Å². The van der Waals surface area contributed by atoms with E-state index < -0.39 is 6.17 Å². The molecule has 0 aromatic carbocycles. The number of hydrogen-bond donors (Lipinski definition) is 0. The Labute approximate surface area is 61.6 Å². The van der Waals surface area contributed by atoms with E-state index in [0.717, 1.165) is 6.54 Å². The second kappa shape index (κ2) is 2.84. The van der Waals surface area contributed by atoms with Crippen LogP contribution in [0.4, 0.5) is 4.39 Å². The normalized spacial score (nSPS) is 35.7. The molecule has 0 radical (unpaired) electrons. The molecule has 2 nitrogen and oxygen atoms in total. The van der Waals surface area contributed by atoms with E-state index in [9.17, 15) is 4.39 Å². The molecule has 0 spiro atoms. The van der Waals surface area contributed by atoms with Crippen molar-refractivity contribution in [3.63, 3.8) is 0 Å². The van der Waals surface area contributed by atoms with Gasteiger partial charge in [-0.3, -0.25) is 0 Å². The van der Waals surface area contributed by atoms with Crippen molar-refractivity contribution in [2.24, 2.45) is 0 Å². The van der Waals surface area contributed by atoms with Crippen LogP contribution in [0.1, 0.15) is 0 Å². The highest BCUT2D eigenvalue weighted by molar-refractivity contribution is 4.87. The predicted molar refractivity (Wildman–Crippen MR) is 39.9 cm³/mol. The number of likely N-dealkylation sites (tertiary alicyclic amines) is 1. The molecule has 0 bridgehead atoms. The molecule has 0 saturated carbocycles. The van der Waals surface area contributed by atoms with Crippen LogP contribution in [-0.2, 0) is 0 Å².